The van der Waals surface area contributed by atoms with Gasteiger partial charge in [-0.3, -0.25) is 14.4 Å². The van der Waals surface area contributed by atoms with Crippen molar-refractivity contribution in [3.05, 3.63) is 0 Å². The molecule has 22 heavy (non-hydrogen) atoms. The van der Waals surface area contributed by atoms with Gasteiger partial charge in [0.05, 0.1) is 6.54 Å². The van der Waals surface area contributed by atoms with Crippen LogP contribution in [0.15, 0.2) is 0 Å². The summed E-state index contributed by atoms with van der Waals surface area (Å²) in [6.07, 6.45) is 6.36. The lowest BCUT2D eigenvalue weighted by Gasteiger charge is -2.25. The van der Waals surface area contributed by atoms with E-state index in [1.165, 1.54) is 31.2 Å². The molecular formula is C16H29N3O3. The Hall–Kier alpha value is -1.59. The summed E-state index contributed by atoms with van der Waals surface area (Å²) < 4.78 is 0. The summed E-state index contributed by atoms with van der Waals surface area (Å²) in [4.78, 5) is 37.2. The van der Waals surface area contributed by atoms with Gasteiger partial charge in [0.15, 0.2) is 0 Å². The second kappa shape index (κ2) is 9.43. The number of carbonyl (C=O) groups is 3. The molecule has 1 aliphatic rings. The minimum absolute atomic E-state index is 0.0225. The number of nitrogens with one attached hydrogen (secondary N) is 2. The van der Waals surface area contributed by atoms with Crippen molar-refractivity contribution in [1.29, 1.82) is 0 Å². The van der Waals surface area contributed by atoms with E-state index in [1.54, 1.807) is 6.92 Å². The van der Waals surface area contributed by atoms with Crippen LogP contribution in [0, 0.1) is 5.92 Å². The number of carbonyl (C=O) groups excluding carboxylic acids is 3. The first-order valence-electron chi connectivity index (χ1n) is 8.26. The first kappa shape index (κ1) is 18.5. The fraction of sp³-hybridized carbons (Fsp3) is 0.812. The van der Waals surface area contributed by atoms with E-state index in [1.807, 2.05) is 6.92 Å². The number of hydrogen-bond acceptors (Lipinski definition) is 3. The van der Waals surface area contributed by atoms with Gasteiger partial charge in [-0.25, -0.2) is 0 Å². The van der Waals surface area contributed by atoms with Gasteiger partial charge in [-0.2, -0.15) is 0 Å². The second-order valence-electron chi connectivity index (χ2n) is 6.02. The Balaban J connectivity index is 2.43. The van der Waals surface area contributed by atoms with Crippen LogP contribution in [-0.4, -0.2) is 48.8 Å². The molecule has 1 unspecified atom stereocenters. The molecule has 0 aromatic heterocycles. The third-order valence-corrected chi connectivity index (χ3v) is 4.25. The van der Waals surface area contributed by atoms with E-state index in [4.69, 9.17) is 0 Å². The summed E-state index contributed by atoms with van der Waals surface area (Å²) in [6, 6.07) is -0.597. The van der Waals surface area contributed by atoms with E-state index >= 15 is 0 Å². The summed E-state index contributed by atoms with van der Waals surface area (Å²) in [6.45, 7) is 3.95. The lowest BCUT2D eigenvalue weighted by atomic mass is 9.87. The third kappa shape index (κ3) is 6.03. The molecule has 1 rings (SSSR count). The predicted molar refractivity (Wildman–Crippen MR) is 85.1 cm³/mol. The Kier molecular flexibility index (Phi) is 7.91. The molecular weight excluding hydrogens is 282 g/mol. The van der Waals surface area contributed by atoms with Gasteiger partial charge in [0, 0.05) is 20.0 Å². The highest BCUT2D eigenvalue weighted by Crippen LogP contribution is 2.26. The Labute approximate surface area is 133 Å². The van der Waals surface area contributed by atoms with Gasteiger partial charge in [-0.05, 0) is 32.6 Å². The minimum Gasteiger partial charge on any atom is -0.358 e. The van der Waals surface area contributed by atoms with Crippen LogP contribution >= 0.6 is 0 Å². The van der Waals surface area contributed by atoms with Gasteiger partial charge < -0.3 is 15.5 Å². The van der Waals surface area contributed by atoms with Crippen molar-refractivity contribution in [2.24, 2.45) is 5.92 Å². The van der Waals surface area contributed by atoms with Gasteiger partial charge in [-0.15, -0.1) is 0 Å². The fourth-order valence-corrected chi connectivity index (χ4v) is 2.89. The highest BCUT2D eigenvalue weighted by molar-refractivity contribution is 5.90. The average Bonchev–Trinajstić information content (AvgIpc) is 2.52. The maximum Gasteiger partial charge on any atom is 0.245 e. The fourth-order valence-electron chi connectivity index (χ4n) is 2.89. The van der Waals surface area contributed by atoms with Gasteiger partial charge in [-0.1, -0.05) is 19.3 Å². The van der Waals surface area contributed by atoms with Crippen molar-refractivity contribution < 1.29 is 14.4 Å². The molecule has 0 heterocycles. The van der Waals surface area contributed by atoms with Crippen molar-refractivity contribution in [3.63, 3.8) is 0 Å². The molecule has 1 aliphatic carbocycles. The number of likely N-dealkylation sites (N-methyl/N-ethyl adjacent to an activating group) is 2. The first-order chi connectivity index (χ1) is 10.5. The smallest absolute Gasteiger partial charge is 0.245 e. The second-order valence-corrected chi connectivity index (χ2v) is 6.02. The molecule has 0 aliphatic heterocycles. The topological polar surface area (TPSA) is 78.5 Å². The van der Waals surface area contributed by atoms with Crippen molar-refractivity contribution in [2.45, 2.75) is 58.4 Å². The van der Waals surface area contributed by atoms with E-state index in [0.717, 1.165) is 12.8 Å². The van der Waals surface area contributed by atoms with Crippen LogP contribution in [0.1, 0.15) is 52.4 Å². The van der Waals surface area contributed by atoms with Crippen LogP contribution in [0.4, 0.5) is 0 Å². The Morgan fingerprint density at radius 3 is 2.32 bits per heavy atom. The summed E-state index contributed by atoms with van der Waals surface area (Å²) in [7, 11) is 1.54. The maximum absolute atomic E-state index is 12.3. The van der Waals surface area contributed by atoms with Crippen LogP contribution in [0.3, 0.4) is 0 Å². The van der Waals surface area contributed by atoms with E-state index in [2.05, 4.69) is 10.6 Å². The average molecular weight is 311 g/mol. The van der Waals surface area contributed by atoms with Crippen molar-refractivity contribution >= 4 is 17.7 Å². The monoisotopic (exact) mass is 311 g/mol. The van der Waals surface area contributed by atoms with Gasteiger partial charge in [0.25, 0.3) is 0 Å². The van der Waals surface area contributed by atoms with Gasteiger partial charge in [0.1, 0.15) is 6.04 Å². The number of nitrogens with zero attached hydrogens (tertiary/aromatic N) is 1. The van der Waals surface area contributed by atoms with Crippen LogP contribution < -0.4 is 10.6 Å². The maximum atomic E-state index is 12.3. The molecule has 1 fully saturated rings. The largest absolute Gasteiger partial charge is 0.358 e. The normalized spacial score (nSPS) is 16.7. The van der Waals surface area contributed by atoms with Gasteiger partial charge in [0.2, 0.25) is 17.7 Å². The van der Waals surface area contributed by atoms with E-state index in [0.29, 0.717) is 18.9 Å². The third-order valence-electron chi connectivity index (χ3n) is 4.25. The van der Waals surface area contributed by atoms with Crippen LogP contribution in [0.5, 0.6) is 0 Å². The lowest BCUT2D eigenvalue weighted by molar-refractivity contribution is -0.138. The molecule has 1 atom stereocenters. The quantitative estimate of drug-likeness (QED) is 0.738. The van der Waals surface area contributed by atoms with Crippen LogP contribution in [-0.2, 0) is 14.4 Å². The Morgan fingerprint density at radius 2 is 1.77 bits per heavy atom. The highest BCUT2D eigenvalue weighted by atomic mass is 16.2. The summed E-state index contributed by atoms with van der Waals surface area (Å²) in [5.41, 5.74) is 0. The summed E-state index contributed by atoms with van der Waals surface area (Å²) >= 11 is 0. The first-order valence-corrected chi connectivity index (χ1v) is 8.26. The number of amides is 3. The van der Waals surface area contributed by atoms with E-state index in [9.17, 15) is 14.4 Å². The molecule has 0 aromatic carbocycles. The standard InChI is InChI=1S/C16H29N3O3/c1-4-19(11-15(21)17-3)16(22)12(2)18-14(20)10-13-8-6-5-7-9-13/h12-13H,4-11H2,1-3H3,(H,17,21)(H,18,20). The predicted octanol–water partition coefficient (Wildman–Crippen LogP) is 1.06. The molecule has 1 saturated carbocycles. The molecule has 0 bridgehead atoms. The molecule has 6 heteroatoms. The molecule has 0 aromatic rings. The number of hydrogen-bond donors (Lipinski definition) is 2. The van der Waals surface area contributed by atoms with Crippen LogP contribution in [0.25, 0.3) is 0 Å². The molecule has 2 N–H and O–H groups in total. The zero-order valence-electron chi connectivity index (χ0n) is 14.0. The molecule has 3 amide bonds. The SMILES string of the molecule is CCN(CC(=O)NC)C(=O)C(C)NC(=O)CC1CCCCC1. The lowest BCUT2D eigenvalue weighted by Crippen LogP contribution is -2.49. The Morgan fingerprint density at radius 1 is 1.14 bits per heavy atom. The molecule has 0 spiro atoms. The highest BCUT2D eigenvalue weighted by Gasteiger charge is 2.24. The molecule has 0 saturated heterocycles. The molecule has 0 radical (unpaired) electrons. The zero-order valence-corrected chi connectivity index (χ0v) is 14.0. The van der Waals surface area contributed by atoms with Crippen molar-refractivity contribution in [2.75, 3.05) is 20.1 Å². The van der Waals surface area contributed by atoms with Crippen LogP contribution in [0.2, 0.25) is 0 Å². The van der Waals surface area contributed by atoms with E-state index in [-0.39, 0.29) is 24.3 Å². The van der Waals surface area contributed by atoms with E-state index < -0.39 is 6.04 Å². The van der Waals surface area contributed by atoms with Crippen molar-refractivity contribution in [3.8, 4) is 0 Å². The summed E-state index contributed by atoms with van der Waals surface area (Å²) in [5, 5.41) is 5.27. The number of rotatable bonds is 7. The molecule has 126 valence electrons. The van der Waals surface area contributed by atoms with Crippen molar-refractivity contribution in [1.82, 2.24) is 15.5 Å². The Bertz CT molecular complexity index is 392. The minimum atomic E-state index is -0.597. The zero-order chi connectivity index (χ0) is 16.5. The molecule has 6 nitrogen and oxygen atoms in total. The van der Waals surface area contributed by atoms with Gasteiger partial charge >= 0.3 is 0 Å². The summed E-state index contributed by atoms with van der Waals surface area (Å²) in [5.74, 6) is -0.0491.